The number of nitrogens with two attached hydrogens (primary N) is 1. The molecule has 0 saturated heterocycles. The van der Waals surface area contributed by atoms with E-state index in [1.165, 1.54) is 7.05 Å². The number of hydrogen-bond acceptors (Lipinski definition) is 13. The number of rotatable bonds is 32. The van der Waals surface area contributed by atoms with Gasteiger partial charge in [-0.1, -0.05) is 26.0 Å². The summed E-state index contributed by atoms with van der Waals surface area (Å²) < 4.78 is 18.1. The van der Waals surface area contributed by atoms with Gasteiger partial charge < -0.3 is 72.2 Å². The minimum absolute atomic E-state index is 0.0139. The van der Waals surface area contributed by atoms with Crippen molar-refractivity contribution < 1.29 is 52.9 Å². The zero-order chi connectivity index (χ0) is 48.3. The first-order chi connectivity index (χ1) is 31.7. The van der Waals surface area contributed by atoms with Gasteiger partial charge in [-0.05, 0) is 68.1 Å². The number of aryl methyl sites for hydroxylation is 1. The number of urea groups is 1. The fourth-order valence-corrected chi connectivity index (χ4v) is 6.63. The van der Waals surface area contributed by atoms with E-state index in [2.05, 4.69) is 47.5 Å². The summed E-state index contributed by atoms with van der Waals surface area (Å²) in [6.45, 7) is 5.87. The third-order valence-electron chi connectivity index (χ3n) is 10.1. The molecule has 7 amide bonds. The maximum absolute atomic E-state index is 13.5. The first-order valence-corrected chi connectivity index (χ1v) is 22.0. The van der Waals surface area contributed by atoms with Crippen molar-refractivity contribution in [2.45, 2.75) is 90.2 Å². The van der Waals surface area contributed by atoms with Crippen molar-refractivity contribution in [1.29, 1.82) is 0 Å². The molecule has 0 radical (unpaired) electrons. The monoisotopic (exact) mass is 926 g/mol. The lowest BCUT2D eigenvalue weighted by Gasteiger charge is -2.26. The number of pyridine rings is 1. The van der Waals surface area contributed by atoms with Crippen LogP contribution in [0.5, 0.6) is 0 Å². The zero-order valence-corrected chi connectivity index (χ0v) is 38.2. The molecule has 22 nitrogen and oxygen atoms in total. The lowest BCUT2D eigenvalue weighted by atomic mass is 10.0. The molecular formula is C44H67N11O11. The Hall–Kier alpha value is -6.52. The molecular weight excluding hydrogens is 859 g/mol. The Morgan fingerprint density at radius 2 is 1.55 bits per heavy atom. The minimum atomic E-state index is -1.10. The molecule has 66 heavy (non-hydrogen) atoms. The Labute approximate surface area is 384 Å². The smallest absolute Gasteiger partial charge is 0.407 e. The lowest BCUT2D eigenvalue weighted by molar-refractivity contribution is -0.138. The fourth-order valence-electron chi connectivity index (χ4n) is 6.63. The van der Waals surface area contributed by atoms with Crippen LogP contribution in [0.15, 0.2) is 48.7 Å². The molecule has 0 saturated carbocycles. The normalized spacial score (nSPS) is 12.4. The van der Waals surface area contributed by atoms with Crippen LogP contribution in [0.1, 0.15) is 63.6 Å². The number of carbonyl (C=O) groups excluding carboxylic acids is 6. The van der Waals surface area contributed by atoms with E-state index in [0.29, 0.717) is 39.0 Å². The number of carbonyl (C=O) groups is 7. The van der Waals surface area contributed by atoms with E-state index in [-0.39, 0.29) is 89.0 Å². The number of nitrogens with zero attached hydrogens (tertiary/aromatic N) is 2. The summed E-state index contributed by atoms with van der Waals surface area (Å²) in [7, 11) is 3.30. The number of carboxylic acid groups (broad SMARTS) is 1. The summed E-state index contributed by atoms with van der Waals surface area (Å²) in [5, 5.41) is 32.7. The average Bonchev–Trinajstić information content (AvgIpc) is 3.64. The van der Waals surface area contributed by atoms with Crippen LogP contribution in [0, 0.1) is 5.92 Å². The first kappa shape index (κ1) is 53.8. The quantitative estimate of drug-likeness (QED) is 0.0392. The van der Waals surface area contributed by atoms with E-state index in [0.717, 1.165) is 28.0 Å². The van der Waals surface area contributed by atoms with Gasteiger partial charge in [0, 0.05) is 88.0 Å². The van der Waals surface area contributed by atoms with Gasteiger partial charge in [0.25, 0.3) is 0 Å². The highest BCUT2D eigenvalue weighted by Crippen LogP contribution is 2.18. The largest absolute Gasteiger partial charge is 0.481 e. The van der Waals surface area contributed by atoms with Gasteiger partial charge in [-0.3, -0.25) is 24.0 Å². The Bertz CT molecular complexity index is 2010. The van der Waals surface area contributed by atoms with Gasteiger partial charge in [0.1, 0.15) is 24.3 Å². The van der Waals surface area contributed by atoms with Crippen LogP contribution in [0.2, 0.25) is 0 Å². The molecule has 11 N–H and O–H groups in total. The number of aliphatic carboxylic acids is 1. The van der Waals surface area contributed by atoms with Crippen LogP contribution < -0.4 is 48.3 Å². The van der Waals surface area contributed by atoms with Crippen molar-refractivity contribution in [2.75, 3.05) is 65.5 Å². The van der Waals surface area contributed by atoms with Gasteiger partial charge in [0.2, 0.25) is 23.6 Å². The molecule has 0 bridgehead atoms. The molecule has 3 unspecified atom stereocenters. The molecule has 0 aliphatic heterocycles. The molecule has 364 valence electrons. The van der Waals surface area contributed by atoms with Crippen LogP contribution in [0.3, 0.4) is 0 Å². The molecule has 0 spiro atoms. The minimum Gasteiger partial charge on any atom is -0.481 e. The number of anilines is 1. The summed E-state index contributed by atoms with van der Waals surface area (Å²) in [5.41, 5.74) is 8.44. The van der Waals surface area contributed by atoms with Crippen LogP contribution in [-0.2, 0) is 57.9 Å². The Balaban J connectivity index is 1.38. The number of nitrogens with one attached hydrogen (secondary N) is 8. The highest BCUT2D eigenvalue weighted by molar-refractivity contribution is 5.89. The predicted molar refractivity (Wildman–Crippen MR) is 245 cm³/mol. The molecule has 0 fully saturated rings. The topological polar surface area (TPSA) is 307 Å². The summed E-state index contributed by atoms with van der Waals surface area (Å²) in [6.07, 6.45) is 1.79. The van der Waals surface area contributed by atoms with Gasteiger partial charge >= 0.3 is 18.1 Å². The molecule has 1 aromatic carbocycles. The standard InChI is InChI=1S/C44H67N11O11/c1-29(2)39(42(61)52-33(8-6-18-50-43(45)62)26-51-32-11-9-30(10-12-32)28-66-44(63)47-4)54-37(57)16-21-64-23-24-65-22-19-49-41(60)35(13-14-38(58)59)53-36(56)15-20-55-34(27-46-3)25-31-7-5-17-48-40(31)55/h5,7,9-12,17,25,29,33,35,39,46,51H,6,8,13-16,18-24,26-28H2,1-4H3,(H,47,63)(H,49,60)(H,52,61)(H,53,56)(H,54,57)(H,58,59)(H3,45,50,62). The molecule has 3 rings (SSSR count). The second kappa shape index (κ2) is 29.8. The van der Waals surface area contributed by atoms with Gasteiger partial charge in [0.05, 0.1) is 26.4 Å². The maximum Gasteiger partial charge on any atom is 0.407 e. The highest BCUT2D eigenvalue weighted by atomic mass is 16.5. The van der Waals surface area contributed by atoms with Crippen LogP contribution in [0.25, 0.3) is 11.0 Å². The molecule has 0 aliphatic carbocycles. The Morgan fingerprint density at radius 3 is 2.23 bits per heavy atom. The van der Waals surface area contributed by atoms with Crippen molar-refractivity contribution in [3.8, 4) is 0 Å². The lowest BCUT2D eigenvalue weighted by Crippen LogP contribution is -2.53. The third-order valence-corrected chi connectivity index (χ3v) is 10.1. The van der Waals surface area contributed by atoms with Crippen molar-refractivity contribution in [3.05, 3.63) is 59.9 Å². The molecule has 3 aromatic rings. The SMILES string of the molecule is CNCc1cc2cccnc2n1CCC(=O)NC(CCC(=O)O)C(=O)NCCOCCOCCC(=O)NC(C(=O)NC(CCCNC(N)=O)CNc1ccc(COC(=O)NC)cc1)C(C)C. The van der Waals surface area contributed by atoms with E-state index < -0.39 is 42.0 Å². The Morgan fingerprint density at radius 1 is 0.818 bits per heavy atom. The number of benzene rings is 1. The van der Waals surface area contributed by atoms with Gasteiger partial charge in [-0.15, -0.1) is 0 Å². The van der Waals surface area contributed by atoms with Gasteiger partial charge in [-0.2, -0.15) is 0 Å². The number of carboxylic acids is 1. The molecule has 2 aromatic heterocycles. The second-order valence-corrected chi connectivity index (χ2v) is 15.6. The van der Waals surface area contributed by atoms with E-state index in [1.54, 1.807) is 6.20 Å². The van der Waals surface area contributed by atoms with E-state index in [4.69, 9.17) is 19.9 Å². The van der Waals surface area contributed by atoms with Crippen molar-refractivity contribution in [3.63, 3.8) is 0 Å². The number of primary amides is 1. The van der Waals surface area contributed by atoms with Crippen molar-refractivity contribution >= 4 is 58.4 Å². The number of alkyl carbamates (subject to hydrolysis) is 1. The van der Waals surface area contributed by atoms with E-state index in [1.807, 2.05) is 67.9 Å². The Kier molecular flexibility index (Phi) is 24.3. The summed E-state index contributed by atoms with van der Waals surface area (Å²) in [5.74, 6) is -3.04. The molecule has 2 heterocycles. The highest BCUT2D eigenvalue weighted by Gasteiger charge is 2.26. The van der Waals surface area contributed by atoms with E-state index in [9.17, 15) is 38.7 Å². The fraction of sp³-hybridized carbons (Fsp3) is 0.545. The van der Waals surface area contributed by atoms with Crippen molar-refractivity contribution in [1.82, 2.24) is 46.8 Å². The number of amides is 7. The zero-order valence-electron chi connectivity index (χ0n) is 38.2. The van der Waals surface area contributed by atoms with Gasteiger partial charge in [0.15, 0.2) is 0 Å². The molecule has 22 heteroatoms. The molecule has 3 atom stereocenters. The van der Waals surface area contributed by atoms with Crippen LogP contribution >= 0.6 is 0 Å². The molecule has 0 aliphatic rings. The van der Waals surface area contributed by atoms with Gasteiger partial charge in [-0.25, -0.2) is 14.6 Å². The second-order valence-electron chi connectivity index (χ2n) is 15.6. The van der Waals surface area contributed by atoms with E-state index >= 15 is 0 Å². The number of hydrogen-bond donors (Lipinski definition) is 10. The summed E-state index contributed by atoms with van der Waals surface area (Å²) in [4.78, 5) is 90.6. The third kappa shape index (κ3) is 20.5. The van der Waals surface area contributed by atoms with Crippen molar-refractivity contribution in [2.24, 2.45) is 11.7 Å². The summed E-state index contributed by atoms with van der Waals surface area (Å²) >= 11 is 0. The number of ether oxygens (including phenoxy) is 3. The summed E-state index contributed by atoms with van der Waals surface area (Å²) in [6, 6.07) is 10.1. The predicted octanol–water partition coefficient (Wildman–Crippen LogP) is 1.08. The number of aromatic nitrogens is 2. The number of fused-ring (bicyclic) bond motifs is 1. The van der Waals surface area contributed by atoms with Crippen LogP contribution in [-0.4, -0.2) is 135 Å². The first-order valence-electron chi connectivity index (χ1n) is 22.0. The average molecular weight is 926 g/mol. The maximum atomic E-state index is 13.5. The van der Waals surface area contributed by atoms with Crippen LogP contribution in [0.4, 0.5) is 15.3 Å².